The maximum Gasteiger partial charge on any atom is 0.0580 e. The molecule has 0 aliphatic rings. The Morgan fingerprint density at radius 1 is 0.452 bits per heavy atom. The van der Waals surface area contributed by atoms with Gasteiger partial charge in [-0.3, -0.25) is 0 Å². The summed E-state index contributed by atoms with van der Waals surface area (Å²) in [6, 6.07) is 0. The predicted molar refractivity (Wildman–Crippen MR) is 143 cm³/mol. The van der Waals surface area contributed by atoms with E-state index < -0.39 is 0 Å². The van der Waals surface area contributed by atoms with E-state index in [0.29, 0.717) is 46.4 Å². The Labute approximate surface area is 199 Å². The lowest BCUT2D eigenvalue weighted by Gasteiger charge is -2.33. The molecular weight excluding hydrogens is 380 g/mol. The molecule has 0 aromatic carbocycles. The average Bonchev–Trinajstić information content (AvgIpc) is 2.56. The molecule has 0 radical (unpaired) electrons. The molecule has 0 N–H and O–H groups in total. The Kier molecular flexibility index (Phi) is 17.1. The van der Waals surface area contributed by atoms with Crippen LogP contribution in [0.5, 0.6) is 0 Å². The summed E-state index contributed by atoms with van der Waals surface area (Å²) in [5.74, 6) is 2.83. The molecule has 0 aliphatic heterocycles. The maximum atomic E-state index is 5.74. The molecular formula is C29H64O2. The Balaban J connectivity index is -0.000000384. The third kappa shape index (κ3) is 18.1. The Morgan fingerprint density at radius 3 is 0.871 bits per heavy atom. The topological polar surface area (TPSA) is 18.5 Å². The predicted octanol–water partition coefficient (Wildman–Crippen LogP) is 9.51. The summed E-state index contributed by atoms with van der Waals surface area (Å²) in [5, 5.41) is 0. The summed E-state index contributed by atoms with van der Waals surface area (Å²) >= 11 is 0. The van der Waals surface area contributed by atoms with Crippen molar-refractivity contribution in [3.8, 4) is 0 Å². The minimum absolute atomic E-state index is 0.338. The van der Waals surface area contributed by atoms with Crippen LogP contribution in [0, 0.1) is 39.9 Å². The normalized spacial score (nSPS) is 17.7. The van der Waals surface area contributed by atoms with Gasteiger partial charge >= 0.3 is 0 Å². The zero-order valence-electron chi connectivity index (χ0n) is 25.4. The molecule has 192 valence electrons. The highest BCUT2D eigenvalue weighted by molar-refractivity contribution is 4.76. The molecule has 0 bridgehead atoms. The van der Waals surface area contributed by atoms with Gasteiger partial charge in [-0.25, -0.2) is 0 Å². The SMILES string of the molecule is CC(C)C(C)C(C)(C)C.CC(C)OC(C)C(C)C(C)(C)C.COC(C)C(C)C(C)(C)C. The lowest BCUT2D eigenvalue weighted by molar-refractivity contribution is -0.0383. The third-order valence-electron chi connectivity index (χ3n) is 7.36. The molecule has 0 saturated heterocycles. The highest BCUT2D eigenvalue weighted by Gasteiger charge is 2.26. The summed E-state index contributed by atoms with van der Waals surface area (Å²) < 4.78 is 11.0. The number of rotatable bonds is 6. The monoisotopic (exact) mass is 444 g/mol. The van der Waals surface area contributed by atoms with Crippen molar-refractivity contribution in [2.45, 2.75) is 143 Å². The van der Waals surface area contributed by atoms with E-state index in [1.807, 2.05) is 0 Å². The first-order valence-corrected chi connectivity index (χ1v) is 12.7. The van der Waals surface area contributed by atoms with Crippen LogP contribution in [0.2, 0.25) is 0 Å². The van der Waals surface area contributed by atoms with Gasteiger partial charge < -0.3 is 9.47 Å². The number of hydrogen-bond donors (Lipinski definition) is 0. The quantitative estimate of drug-likeness (QED) is 0.406. The summed E-state index contributed by atoms with van der Waals surface area (Å²) in [6.45, 7) is 40.3. The summed E-state index contributed by atoms with van der Waals surface area (Å²) in [4.78, 5) is 0. The van der Waals surface area contributed by atoms with Crippen LogP contribution >= 0.6 is 0 Å². The molecule has 0 fully saturated rings. The molecule has 0 aliphatic carbocycles. The molecule has 0 amide bonds. The molecule has 0 rings (SSSR count). The van der Waals surface area contributed by atoms with Crippen LogP contribution in [0.3, 0.4) is 0 Å². The molecule has 5 unspecified atom stereocenters. The van der Waals surface area contributed by atoms with Gasteiger partial charge in [0, 0.05) is 7.11 Å². The van der Waals surface area contributed by atoms with Crippen molar-refractivity contribution < 1.29 is 9.47 Å². The first-order valence-electron chi connectivity index (χ1n) is 12.7. The zero-order chi connectivity index (χ0) is 26.0. The zero-order valence-corrected chi connectivity index (χ0v) is 25.4. The summed E-state index contributed by atoms with van der Waals surface area (Å²) in [5.41, 5.74) is 1.18. The lowest BCUT2D eigenvalue weighted by atomic mass is 9.76. The fourth-order valence-corrected chi connectivity index (χ4v) is 3.16. The fraction of sp³-hybridized carbons (Fsp3) is 1.00. The van der Waals surface area contributed by atoms with Crippen molar-refractivity contribution in [2.75, 3.05) is 7.11 Å². The minimum Gasteiger partial charge on any atom is -0.381 e. The van der Waals surface area contributed by atoms with Gasteiger partial charge in [-0.15, -0.1) is 0 Å². The van der Waals surface area contributed by atoms with Gasteiger partial charge in [-0.05, 0) is 67.6 Å². The highest BCUT2D eigenvalue weighted by atomic mass is 16.5. The van der Waals surface area contributed by atoms with E-state index in [2.05, 4.69) is 125 Å². The fourth-order valence-electron chi connectivity index (χ4n) is 3.16. The van der Waals surface area contributed by atoms with Crippen LogP contribution in [-0.2, 0) is 9.47 Å². The molecule has 0 heterocycles. The van der Waals surface area contributed by atoms with Crippen LogP contribution in [0.1, 0.15) is 125 Å². The summed E-state index contributed by atoms with van der Waals surface area (Å²) in [6.07, 6.45) is 1.05. The molecule has 0 aromatic rings. The van der Waals surface area contributed by atoms with Crippen molar-refractivity contribution in [2.24, 2.45) is 39.9 Å². The van der Waals surface area contributed by atoms with Gasteiger partial charge in [0.25, 0.3) is 0 Å². The Bertz CT molecular complexity index is 417. The van der Waals surface area contributed by atoms with E-state index in [1.165, 1.54) is 0 Å². The number of hydrogen-bond acceptors (Lipinski definition) is 2. The largest absolute Gasteiger partial charge is 0.381 e. The van der Waals surface area contributed by atoms with Crippen LogP contribution in [-0.4, -0.2) is 25.4 Å². The molecule has 0 saturated carbocycles. The van der Waals surface area contributed by atoms with Gasteiger partial charge in [0.15, 0.2) is 0 Å². The van der Waals surface area contributed by atoms with Crippen molar-refractivity contribution >= 4 is 0 Å². The lowest BCUT2D eigenvalue weighted by Crippen LogP contribution is -2.31. The number of methoxy groups -OCH3 is 1. The van der Waals surface area contributed by atoms with Gasteiger partial charge in [0.1, 0.15) is 0 Å². The van der Waals surface area contributed by atoms with Crippen molar-refractivity contribution in [1.82, 2.24) is 0 Å². The van der Waals surface area contributed by atoms with Gasteiger partial charge in [-0.1, -0.05) is 96.9 Å². The third-order valence-corrected chi connectivity index (χ3v) is 7.36. The first-order chi connectivity index (χ1) is 13.5. The maximum absolute atomic E-state index is 5.74. The van der Waals surface area contributed by atoms with E-state index in [1.54, 1.807) is 7.11 Å². The standard InChI is InChI=1S/C11H24O.C9H20O.C9H20/c1-8(2)12-10(4)9(3)11(5,6)7;1-7(8(2)10-6)9(3,4)5;1-7(2)8(3)9(4,5)6/h8-10H,1-7H3;7-8H,1-6H3;7-8H,1-6H3. The number of ether oxygens (including phenoxy) is 2. The first kappa shape index (κ1) is 35.5. The second-order valence-electron chi connectivity index (χ2n) is 13.5. The van der Waals surface area contributed by atoms with Crippen molar-refractivity contribution in [3.05, 3.63) is 0 Å². The molecule has 2 nitrogen and oxygen atoms in total. The van der Waals surface area contributed by atoms with Gasteiger partial charge in [0.2, 0.25) is 0 Å². The highest BCUT2D eigenvalue weighted by Crippen LogP contribution is 2.31. The van der Waals surface area contributed by atoms with Crippen LogP contribution in [0.15, 0.2) is 0 Å². The molecule has 2 heteroatoms. The molecule has 31 heavy (non-hydrogen) atoms. The van der Waals surface area contributed by atoms with E-state index >= 15 is 0 Å². The van der Waals surface area contributed by atoms with E-state index in [-0.39, 0.29) is 0 Å². The van der Waals surface area contributed by atoms with Crippen molar-refractivity contribution in [3.63, 3.8) is 0 Å². The minimum atomic E-state index is 0.338. The molecule has 5 atom stereocenters. The Hall–Kier alpha value is -0.0800. The van der Waals surface area contributed by atoms with E-state index in [4.69, 9.17) is 9.47 Å². The second-order valence-corrected chi connectivity index (χ2v) is 13.5. The average molecular weight is 445 g/mol. The smallest absolute Gasteiger partial charge is 0.0580 e. The summed E-state index contributed by atoms with van der Waals surface area (Å²) in [7, 11) is 1.77. The van der Waals surface area contributed by atoms with Crippen LogP contribution in [0.4, 0.5) is 0 Å². The van der Waals surface area contributed by atoms with E-state index in [0.717, 1.165) is 11.8 Å². The molecule has 0 aromatic heterocycles. The van der Waals surface area contributed by atoms with Crippen molar-refractivity contribution in [1.29, 1.82) is 0 Å². The van der Waals surface area contributed by atoms with E-state index in [9.17, 15) is 0 Å². The van der Waals surface area contributed by atoms with Crippen LogP contribution in [0.25, 0.3) is 0 Å². The van der Waals surface area contributed by atoms with Gasteiger partial charge in [0.05, 0.1) is 18.3 Å². The van der Waals surface area contributed by atoms with Gasteiger partial charge in [-0.2, -0.15) is 0 Å². The second kappa shape index (κ2) is 14.9. The van der Waals surface area contributed by atoms with Crippen LogP contribution < -0.4 is 0 Å². The Morgan fingerprint density at radius 2 is 0.742 bits per heavy atom. The molecule has 0 spiro atoms.